The van der Waals surface area contributed by atoms with Crippen molar-refractivity contribution in [3.63, 3.8) is 0 Å². The summed E-state index contributed by atoms with van der Waals surface area (Å²) in [6.07, 6.45) is 2.51. The van der Waals surface area contributed by atoms with Crippen molar-refractivity contribution in [2.75, 3.05) is 6.54 Å². The average molecular weight is 119 g/mol. The zero-order valence-corrected chi connectivity index (χ0v) is 5.63. The summed E-state index contributed by atoms with van der Waals surface area (Å²) in [5.41, 5.74) is 0. The molecular formula is C4H9NTi+. The Bertz CT molecular complexity index is 36.5. The minimum absolute atomic E-state index is 1.04. The third kappa shape index (κ3) is 4.51. The average Bonchev–Trinajstić information content (AvgIpc) is 1.61. The summed E-state index contributed by atoms with van der Waals surface area (Å²) in [5, 5.41) is 0. The molecule has 0 aliphatic heterocycles. The summed E-state index contributed by atoms with van der Waals surface area (Å²) in [4.78, 5) is 0. The van der Waals surface area contributed by atoms with Gasteiger partial charge in [0.2, 0.25) is 0 Å². The number of nitrogens with zero attached hydrogens (tertiary/aromatic N) is 1. The first-order chi connectivity index (χ1) is 2.91. The second kappa shape index (κ2) is 5.51. The molecule has 0 bridgehead atoms. The van der Waals surface area contributed by atoms with Crippen molar-refractivity contribution in [1.82, 2.24) is 0 Å². The van der Waals surface area contributed by atoms with Gasteiger partial charge in [-0.05, 0) is 0 Å². The first-order valence-electron chi connectivity index (χ1n) is 2.25. The van der Waals surface area contributed by atoms with Crippen molar-refractivity contribution < 1.29 is 20.3 Å². The molecule has 0 fully saturated rings. The predicted octanol–water partition coefficient (Wildman–Crippen LogP) is 1.52. The zero-order chi connectivity index (χ0) is 4.83. The Morgan fingerprint density at radius 1 is 1.67 bits per heavy atom. The SMILES string of the molecule is CCCC[N]=[Ti+]. The van der Waals surface area contributed by atoms with Crippen molar-refractivity contribution in [2.45, 2.75) is 19.8 Å². The first kappa shape index (κ1) is 6.51. The van der Waals surface area contributed by atoms with Gasteiger partial charge in [-0.2, -0.15) is 0 Å². The topological polar surface area (TPSA) is 12.4 Å². The van der Waals surface area contributed by atoms with Crippen LogP contribution in [0.3, 0.4) is 0 Å². The molecule has 0 aromatic carbocycles. The van der Waals surface area contributed by atoms with E-state index < -0.39 is 0 Å². The Morgan fingerprint density at radius 2 is 2.33 bits per heavy atom. The van der Waals surface area contributed by atoms with Gasteiger partial charge in [-0.15, -0.1) is 0 Å². The van der Waals surface area contributed by atoms with Crippen LogP contribution >= 0.6 is 0 Å². The van der Waals surface area contributed by atoms with Crippen LogP contribution in [0.25, 0.3) is 0 Å². The quantitative estimate of drug-likeness (QED) is 0.394. The molecule has 0 rings (SSSR count). The molecule has 0 radical (unpaired) electrons. The normalized spacial score (nSPS) is 8.50. The summed E-state index contributed by atoms with van der Waals surface area (Å²) >= 11 is 1.86. The van der Waals surface area contributed by atoms with Crippen LogP contribution in [0.5, 0.6) is 0 Å². The molecule has 0 heterocycles. The van der Waals surface area contributed by atoms with Gasteiger partial charge in [-0.1, -0.05) is 0 Å². The third-order valence-electron chi connectivity index (χ3n) is 0.623. The molecule has 2 heteroatoms. The fraction of sp³-hybridized carbons (Fsp3) is 1.00. The fourth-order valence-electron chi connectivity index (χ4n) is 0.237. The second-order valence-corrected chi connectivity index (χ2v) is 1.73. The molecule has 0 aliphatic carbocycles. The van der Waals surface area contributed by atoms with Gasteiger partial charge in [0.25, 0.3) is 0 Å². The van der Waals surface area contributed by atoms with Crippen LogP contribution in [0.2, 0.25) is 0 Å². The summed E-state index contributed by atoms with van der Waals surface area (Å²) < 4.78 is 3.93. The van der Waals surface area contributed by atoms with Crippen LogP contribution in [0, 0.1) is 0 Å². The summed E-state index contributed by atoms with van der Waals surface area (Å²) in [6, 6.07) is 0. The Labute approximate surface area is 50.4 Å². The molecule has 0 aromatic rings. The molecule has 0 spiro atoms. The van der Waals surface area contributed by atoms with Gasteiger partial charge in [0.1, 0.15) is 0 Å². The molecule has 0 atom stereocenters. The van der Waals surface area contributed by atoms with E-state index in [1.807, 2.05) is 20.3 Å². The molecule has 0 unspecified atom stereocenters. The number of hydrogen-bond acceptors (Lipinski definition) is 1. The van der Waals surface area contributed by atoms with Gasteiger partial charge >= 0.3 is 50.0 Å². The van der Waals surface area contributed by atoms with E-state index in [1.165, 1.54) is 12.8 Å². The van der Waals surface area contributed by atoms with Gasteiger partial charge in [0, 0.05) is 0 Å². The van der Waals surface area contributed by atoms with E-state index in [-0.39, 0.29) is 0 Å². The van der Waals surface area contributed by atoms with E-state index in [0.29, 0.717) is 0 Å². The first-order valence-corrected chi connectivity index (χ1v) is 2.95. The van der Waals surface area contributed by atoms with Gasteiger partial charge in [0.05, 0.1) is 0 Å². The Morgan fingerprint density at radius 3 is 2.50 bits per heavy atom. The molecule has 33 valence electrons. The van der Waals surface area contributed by atoms with Crippen LogP contribution in [-0.4, -0.2) is 6.54 Å². The zero-order valence-electron chi connectivity index (χ0n) is 4.07. The van der Waals surface area contributed by atoms with E-state index in [2.05, 4.69) is 10.3 Å². The predicted molar refractivity (Wildman–Crippen MR) is 22.2 cm³/mol. The number of rotatable bonds is 3. The molecule has 0 aliphatic rings. The molecule has 1 nitrogen and oxygen atoms in total. The molecular weight excluding hydrogens is 110 g/mol. The Hall–Kier alpha value is 0.514. The molecule has 0 N–H and O–H groups in total. The van der Waals surface area contributed by atoms with E-state index in [1.54, 1.807) is 0 Å². The number of hydrogen-bond donors (Lipinski definition) is 0. The van der Waals surface area contributed by atoms with Crippen LogP contribution in [0.1, 0.15) is 19.8 Å². The maximum atomic E-state index is 3.93. The van der Waals surface area contributed by atoms with Crippen molar-refractivity contribution in [3.05, 3.63) is 0 Å². The van der Waals surface area contributed by atoms with E-state index >= 15 is 0 Å². The van der Waals surface area contributed by atoms with Crippen molar-refractivity contribution in [3.8, 4) is 0 Å². The van der Waals surface area contributed by atoms with Crippen LogP contribution in [0.4, 0.5) is 0 Å². The minimum atomic E-state index is 1.04. The molecule has 0 saturated heterocycles. The number of unbranched alkanes of at least 4 members (excludes halogenated alkanes) is 1. The monoisotopic (exact) mass is 119 g/mol. The summed E-state index contributed by atoms with van der Waals surface area (Å²) in [5.74, 6) is 0. The summed E-state index contributed by atoms with van der Waals surface area (Å²) in [6.45, 7) is 3.21. The van der Waals surface area contributed by atoms with E-state index in [4.69, 9.17) is 0 Å². The molecule has 6 heavy (non-hydrogen) atoms. The fourth-order valence-corrected chi connectivity index (χ4v) is 0.484. The molecule has 0 aromatic heterocycles. The van der Waals surface area contributed by atoms with Crippen LogP contribution in [-0.2, 0) is 20.3 Å². The summed E-state index contributed by atoms with van der Waals surface area (Å²) in [7, 11) is 0. The van der Waals surface area contributed by atoms with Crippen molar-refractivity contribution in [1.29, 1.82) is 0 Å². The van der Waals surface area contributed by atoms with Crippen LogP contribution < -0.4 is 0 Å². The Kier molecular flexibility index (Phi) is 5.99. The maximum absolute atomic E-state index is 3.93. The van der Waals surface area contributed by atoms with E-state index in [0.717, 1.165) is 6.54 Å². The van der Waals surface area contributed by atoms with Crippen molar-refractivity contribution >= 4 is 0 Å². The second-order valence-electron chi connectivity index (χ2n) is 1.24. The van der Waals surface area contributed by atoms with Crippen molar-refractivity contribution in [2.24, 2.45) is 3.42 Å². The Balaban J connectivity index is 2.49. The standard InChI is InChI=1S/C4H9N.Ti/c1-2-3-4-5;/h2-4H2,1H3;/q;+1. The van der Waals surface area contributed by atoms with Crippen LogP contribution in [0.15, 0.2) is 3.42 Å². The van der Waals surface area contributed by atoms with E-state index in [9.17, 15) is 0 Å². The molecule has 0 saturated carbocycles. The molecule has 0 amide bonds. The van der Waals surface area contributed by atoms with Gasteiger partial charge < -0.3 is 0 Å². The van der Waals surface area contributed by atoms with Gasteiger partial charge in [-0.25, -0.2) is 0 Å². The van der Waals surface area contributed by atoms with Gasteiger partial charge in [-0.3, -0.25) is 0 Å². The third-order valence-corrected chi connectivity index (χ3v) is 0.973. The van der Waals surface area contributed by atoms with Gasteiger partial charge in [0.15, 0.2) is 0 Å².